The van der Waals surface area contributed by atoms with Crippen molar-refractivity contribution in [3.05, 3.63) is 266 Å². The number of nitrogens with zero attached hydrogens (tertiary/aromatic N) is 8. The first-order chi connectivity index (χ1) is 33.3. The summed E-state index contributed by atoms with van der Waals surface area (Å²) in [6, 6.07) is 59.5. The van der Waals surface area contributed by atoms with Crippen molar-refractivity contribution in [3.8, 4) is 45.6 Å². The van der Waals surface area contributed by atoms with Gasteiger partial charge in [-0.05, 0) is 122 Å². The Morgan fingerprint density at radius 1 is 0.288 bits per heavy atom. The smallest absolute Gasteiger partial charge is 1.00 e. The molecule has 13 nitrogen and oxygen atoms in total. The molecule has 2 aromatic carbocycles. The quantitative estimate of drug-likeness (QED) is 0.174. The summed E-state index contributed by atoms with van der Waals surface area (Å²) < 4.78 is 0. The summed E-state index contributed by atoms with van der Waals surface area (Å²) in [5.41, 5.74) is 9.87. The maximum atomic E-state index is 10.2. The van der Waals surface area contributed by atoms with E-state index >= 15 is 0 Å². The summed E-state index contributed by atoms with van der Waals surface area (Å²) >= 11 is 0. The molecule has 8 aromatic heterocycles. The van der Waals surface area contributed by atoms with Gasteiger partial charge in [0, 0.05) is 49.6 Å². The fraction of sp³-hybridized carbons (Fsp3) is 0.0357. The number of rotatable bonds is 6. The molecule has 0 aliphatic carbocycles. The molecule has 0 saturated heterocycles. The van der Waals surface area contributed by atoms with Gasteiger partial charge in [0.25, 0.3) is 0 Å². The molecule has 0 saturated carbocycles. The van der Waals surface area contributed by atoms with Crippen molar-refractivity contribution < 1.29 is 107 Å². The molecule has 10 rings (SSSR count). The Morgan fingerprint density at radius 3 is 0.548 bits per heavy atom. The van der Waals surface area contributed by atoms with Crippen LogP contribution < -0.4 is 58.2 Å². The largest absolute Gasteiger partial charge is 2.00 e. The van der Waals surface area contributed by atoms with Gasteiger partial charge >= 0.3 is 34.1 Å². The zero-order valence-corrected chi connectivity index (χ0v) is 45.4. The minimum absolute atomic E-state index is 0. The van der Waals surface area contributed by atoms with Crippen molar-refractivity contribution in [2.75, 3.05) is 0 Å². The van der Waals surface area contributed by atoms with E-state index in [2.05, 4.69) is 39.9 Å². The van der Waals surface area contributed by atoms with Crippen LogP contribution in [0.5, 0.6) is 0 Å². The standard InChI is InChI=1S/4C10H8N2.2C8H8O2.2Cu.2HI.H2O/c4*1-3-7-11-9(5-1)10-6-2-4-8-12-10;2*1-6-2-4-7(5-3-6)8(9)10;;;;;/h4*1-8H;2*2-5H,1H3,(H,9,10);;;2*1H;1H2/q;;;;;;2*+2;;;/p-4. The van der Waals surface area contributed by atoms with E-state index in [-0.39, 0.29) is 98.7 Å². The average molecular weight is 1290 g/mol. The molecule has 0 unspecified atom stereocenters. The van der Waals surface area contributed by atoms with Crippen molar-refractivity contribution in [1.82, 2.24) is 39.9 Å². The van der Waals surface area contributed by atoms with Crippen LogP contribution in [-0.2, 0) is 34.1 Å². The van der Waals surface area contributed by atoms with E-state index in [4.69, 9.17) is 0 Å². The zero-order chi connectivity index (χ0) is 48.0. The molecule has 17 heteroatoms. The predicted octanol–water partition coefficient (Wildman–Crippen LogP) is 2.47. The Morgan fingerprint density at radius 2 is 0.438 bits per heavy atom. The molecule has 10 aromatic rings. The van der Waals surface area contributed by atoms with Crippen molar-refractivity contribution >= 4 is 11.9 Å². The van der Waals surface area contributed by atoms with E-state index in [1.807, 2.05) is 159 Å². The molecule has 378 valence electrons. The van der Waals surface area contributed by atoms with E-state index < -0.39 is 11.9 Å². The number of aryl methyl sites for hydroxylation is 2. The van der Waals surface area contributed by atoms with Crippen LogP contribution in [0.3, 0.4) is 0 Å². The van der Waals surface area contributed by atoms with E-state index in [1.165, 1.54) is 24.3 Å². The van der Waals surface area contributed by atoms with Gasteiger partial charge in [0.2, 0.25) is 0 Å². The first kappa shape index (κ1) is 66.0. The van der Waals surface area contributed by atoms with Gasteiger partial charge in [0.05, 0.1) is 57.5 Å². The maximum absolute atomic E-state index is 10.2. The van der Waals surface area contributed by atoms with Crippen LogP contribution in [0.1, 0.15) is 31.8 Å². The Hall–Kier alpha value is -6.96. The number of carbonyl (C=O) groups is 2. The van der Waals surface area contributed by atoms with E-state index in [0.29, 0.717) is 0 Å². The number of pyridine rings is 8. The van der Waals surface area contributed by atoms with E-state index in [1.54, 1.807) is 73.8 Å². The fourth-order valence-corrected chi connectivity index (χ4v) is 5.49. The van der Waals surface area contributed by atoms with Crippen molar-refractivity contribution in [2.45, 2.75) is 13.8 Å². The molecule has 2 radical (unpaired) electrons. The Kier molecular flexibility index (Phi) is 35.0. The van der Waals surface area contributed by atoms with Gasteiger partial charge in [-0.3, -0.25) is 39.9 Å². The molecule has 2 N–H and O–H groups in total. The summed E-state index contributed by atoms with van der Waals surface area (Å²) in [5, 5.41) is 20.4. The second kappa shape index (κ2) is 38.7. The summed E-state index contributed by atoms with van der Waals surface area (Å²) in [4.78, 5) is 53.9. The molecular weight excluding hydrogens is 1250 g/mol. The van der Waals surface area contributed by atoms with E-state index in [9.17, 15) is 19.8 Å². The van der Waals surface area contributed by atoms with Crippen LogP contribution in [0.4, 0.5) is 0 Å². The molecule has 0 aliphatic heterocycles. The SMILES string of the molecule is Cc1ccc(C(=O)[O-])cc1.Cc1ccc(C(=O)[O-])cc1.O.[Cu+2].[Cu+2].[I-].[I-].c1ccc(-c2ccccn2)nc1.c1ccc(-c2ccccn2)nc1.c1ccc(-c2ccccn2)nc1.c1ccc(-c2ccccn2)nc1. The van der Waals surface area contributed by atoms with Crippen LogP contribution in [0.25, 0.3) is 45.6 Å². The third-order valence-electron chi connectivity index (χ3n) is 8.94. The van der Waals surface area contributed by atoms with Crippen LogP contribution in [0, 0.1) is 13.8 Å². The summed E-state index contributed by atoms with van der Waals surface area (Å²) in [6.07, 6.45) is 14.1. The maximum Gasteiger partial charge on any atom is 2.00 e. The average Bonchev–Trinajstić information content (AvgIpc) is 3.42. The number of carboxylic acids is 2. The topological polar surface area (TPSA) is 215 Å². The first-order valence-corrected chi connectivity index (χ1v) is 21.1. The molecule has 8 heterocycles. The molecule has 0 bridgehead atoms. The molecule has 0 spiro atoms. The van der Waals surface area contributed by atoms with Crippen LogP contribution in [0.15, 0.2) is 244 Å². The van der Waals surface area contributed by atoms with Crippen LogP contribution >= 0.6 is 0 Å². The van der Waals surface area contributed by atoms with Crippen molar-refractivity contribution in [3.63, 3.8) is 0 Å². The van der Waals surface area contributed by atoms with E-state index in [0.717, 1.165) is 56.7 Å². The Bertz CT molecular complexity index is 2440. The van der Waals surface area contributed by atoms with Gasteiger partial charge in [0.15, 0.2) is 0 Å². The minimum Gasteiger partial charge on any atom is -1.00 e. The van der Waals surface area contributed by atoms with Gasteiger partial charge in [-0.2, -0.15) is 0 Å². The van der Waals surface area contributed by atoms with Crippen LogP contribution in [0.2, 0.25) is 0 Å². The number of benzene rings is 2. The second-order valence-electron chi connectivity index (χ2n) is 14.0. The summed E-state index contributed by atoms with van der Waals surface area (Å²) in [5.74, 6) is -2.25. The molecular formula is C56H48Cu2I2N8O5. The normalized spacial score (nSPS) is 8.90. The van der Waals surface area contributed by atoms with Gasteiger partial charge < -0.3 is 73.2 Å². The first-order valence-electron chi connectivity index (χ1n) is 21.1. The number of hydrogen-bond acceptors (Lipinski definition) is 12. The molecule has 0 amide bonds. The Labute approximate surface area is 480 Å². The third-order valence-corrected chi connectivity index (χ3v) is 8.94. The van der Waals surface area contributed by atoms with Gasteiger partial charge in [-0.25, -0.2) is 0 Å². The third kappa shape index (κ3) is 25.3. The molecule has 0 aliphatic rings. The van der Waals surface area contributed by atoms with Gasteiger partial charge in [0.1, 0.15) is 0 Å². The summed E-state index contributed by atoms with van der Waals surface area (Å²) in [6.45, 7) is 3.80. The Balaban J connectivity index is 0.000000842. The number of aromatic carboxylic acids is 2. The summed E-state index contributed by atoms with van der Waals surface area (Å²) in [7, 11) is 0. The van der Waals surface area contributed by atoms with Gasteiger partial charge in [-0.15, -0.1) is 0 Å². The monoisotopic (exact) mass is 1290 g/mol. The number of halogens is 2. The van der Waals surface area contributed by atoms with Gasteiger partial charge in [-0.1, -0.05) is 108 Å². The second-order valence-corrected chi connectivity index (χ2v) is 14.0. The minimum atomic E-state index is -1.12. The van der Waals surface area contributed by atoms with Crippen molar-refractivity contribution in [1.29, 1.82) is 0 Å². The zero-order valence-electron chi connectivity index (χ0n) is 39.2. The number of carboxylic acid groups (broad SMARTS) is 2. The molecule has 0 fully saturated rings. The molecule has 73 heavy (non-hydrogen) atoms. The van der Waals surface area contributed by atoms with Crippen LogP contribution in [-0.4, -0.2) is 57.3 Å². The van der Waals surface area contributed by atoms with Crippen molar-refractivity contribution in [2.24, 2.45) is 0 Å². The number of aromatic nitrogens is 8. The number of carbonyl (C=O) groups excluding carboxylic acids is 2. The fourth-order valence-electron chi connectivity index (χ4n) is 5.49. The number of hydrogen-bond donors (Lipinski definition) is 0. The predicted molar refractivity (Wildman–Crippen MR) is 265 cm³/mol. The molecule has 0 atom stereocenters.